The smallest absolute Gasteiger partial charge is 0.163 e. The Morgan fingerprint density at radius 1 is 1.18 bits per heavy atom. The topological polar surface area (TPSA) is 80.6 Å². The molecule has 0 aliphatic carbocycles. The fourth-order valence-corrected chi connectivity index (χ4v) is 4.20. The Morgan fingerprint density at radius 3 is 2.76 bits per heavy atom. The van der Waals surface area contributed by atoms with Gasteiger partial charge in [0.15, 0.2) is 17.3 Å². The number of aliphatic hydroxyl groups is 1. The number of aliphatic hydroxyl groups excluding tert-OH is 1. The van der Waals surface area contributed by atoms with Gasteiger partial charge in [0, 0.05) is 30.4 Å². The van der Waals surface area contributed by atoms with E-state index in [-0.39, 0.29) is 12.4 Å². The molecule has 0 bridgehead atoms. The molecule has 0 amide bonds. The molecule has 0 saturated carbocycles. The zero-order chi connectivity index (χ0) is 23.2. The van der Waals surface area contributed by atoms with Gasteiger partial charge in [-0.05, 0) is 61.7 Å². The third-order valence-corrected chi connectivity index (χ3v) is 5.90. The Hall–Kier alpha value is -3.16. The molecule has 0 unspecified atom stereocenters. The molecule has 7 nitrogen and oxygen atoms in total. The lowest BCUT2D eigenvalue weighted by molar-refractivity contribution is -0.112. The third-order valence-electron chi connectivity index (χ3n) is 5.90. The highest BCUT2D eigenvalue weighted by molar-refractivity contribution is 5.91. The predicted molar refractivity (Wildman–Crippen MR) is 128 cm³/mol. The van der Waals surface area contributed by atoms with Gasteiger partial charge in [0.25, 0.3) is 0 Å². The molecular weight excluding hydrogens is 420 g/mol. The van der Waals surface area contributed by atoms with Crippen molar-refractivity contribution < 1.29 is 24.1 Å². The number of allylic oxidation sites excluding steroid dienone is 1. The molecule has 0 aromatic heterocycles. The van der Waals surface area contributed by atoms with Gasteiger partial charge >= 0.3 is 0 Å². The van der Waals surface area contributed by atoms with Crippen LogP contribution in [0, 0.1) is 0 Å². The maximum atomic E-state index is 11.1. The molecule has 174 valence electrons. The minimum atomic E-state index is -0.160. The molecule has 1 fully saturated rings. The lowest BCUT2D eigenvalue weighted by atomic mass is 10.1. The molecule has 0 spiro atoms. The van der Waals surface area contributed by atoms with E-state index in [0.29, 0.717) is 42.1 Å². The Labute approximate surface area is 194 Å². The van der Waals surface area contributed by atoms with Gasteiger partial charge in [-0.15, -0.1) is 0 Å². The summed E-state index contributed by atoms with van der Waals surface area (Å²) in [6.45, 7) is 3.90. The Morgan fingerprint density at radius 2 is 2.00 bits per heavy atom. The first-order chi connectivity index (χ1) is 16.1. The molecule has 2 aliphatic heterocycles. The number of hydrogen-bond donors (Lipinski definition) is 1. The van der Waals surface area contributed by atoms with Crippen LogP contribution in [0.15, 0.2) is 41.4 Å². The van der Waals surface area contributed by atoms with Crippen LogP contribution in [0.3, 0.4) is 0 Å². The number of carbonyl (C=O) groups excluding carboxylic acids is 1. The zero-order valence-electron chi connectivity index (χ0n) is 19.1. The van der Waals surface area contributed by atoms with Gasteiger partial charge < -0.3 is 19.3 Å². The van der Waals surface area contributed by atoms with Crippen LogP contribution in [0.25, 0.3) is 6.08 Å². The van der Waals surface area contributed by atoms with E-state index in [0.717, 1.165) is 36.3 Å². The first-order valence-electron chi connectivity index (χ1n) is 11.2. The van der Waals surface area contributed by atoms with Crippen LogP contribution >= 0.6 is 0 Å². The number of hydrogen-bond acceptors (Lipinski definition) is 7. The van der Waals surface area contributed by atoms with Crippen LogP contribution in [0.2, 0.25) is 0 Å². The summed E-state index contributed by atoms with van der Waals surface area (Å²) < 4.78 is 17.4. The lowest BCUT2D eigenvalue weighted by Gasteiger charge is -2.20. The van der Waals surface area contributed by atoms with Gasteiger partial charge in [-0.2, -0.15) is 0 Å². The van der Waals surface area contributed by atoms with Gasteiger partial charge in [0.2, 0.25) is 0 Å². The zero-order valence-corrected chi connectivity index (χ0v) is 19.1. The largest absolute Gasteiger partial charge is 0.493 e. The molecule has 2 heterocycles. The van der Waals surface area contributed by atoms with Gasteiger partial charge in [-0.25, -0.2) is 0 Å². The van der Waals surface area contributed by atoms with Crippen molar-refractivity contribution in [3.8, 4) is 17.2 Å². The van der Waals surface area contributed by atoms with E-state index in [1.807, 2.05) is 24.4 Å². The van der Waals surface area contributed by atoms with E-state index in [1.54, 1.807) is 25.3 Å². The SMILES string of the molecule is COc1cc2c(cc1OCCOc1ccc(/C=C/C(C)=O)cc1CO)N=C[C@@H]1CCCN1C2. The van der Waals surface area contributed by atoms with Crippen molar-refractivity contribution in [3.63, 3.8) is 0 Å². The molecule has 1 atom stereocenters. The van der Waals surface area contributed by atoms with E-state index in [4.69, 9.17) is 19.2 Å². The van der Waals surface area contributed by atoms with Crippen molar-refractivity contribution in [2.75, 3.05) is 26.9 Å². The highest BCUT2D eigenvalue weighted by atomic mass is 16.5. The Balaban J connectivity index is 1.39. The molecule has 2 aromatic carbocycles. The highest BCUT2D eigenvalue weighted by Gasteiger charge is 2.26. The van der Waals surface area contributed by atoms with Crippen LogP contribution < -0.4 is 14.2 Å². The maximum Gasteiger partial charge on any atom is 0.163 e. The first kappa shape index (κ1) is 23.0. The molecule has 2 aliphatic rings. The van der Waals surface area contributed by atoms with Crippen molar-refractivity contribution in [3.05, 3.63) is 53.1 Å². The molecule has 2 aromatic rings. The van der Waals surface area contributed by atoms with Crippen molar-refractivity contribution in [1.82, 2.24) is 4.90 Å². The van der Waals surface area contributed by atoms with Crippen molar-refractivity contribution in [1.29, 1.82) is 0 Å². The third kappa shape index (κ3) is 5.61. The predicted octanol–water partition coefficient (Wildman–Crippen LogP) is 3.93. The molecule has 1 saturated heterocycles. The number of fused-ring (bicyclic) bond motifs is 2. The Kier molecular flexibility index (Phi) is 7.42. The quantitative estimate of drug-likeness (QED) is 0.461. The van der Waals surface area contributed by atoms with Gasteiger partial charge in [0.05, 0.1) is 19.4 Å². The standard InChI is InChI=1S/C26H30N2O5/c1-18(30)5-6-19-7-8-24(21(12-19)17-29)32-10-11-33-26-14-23-20(13-25(26)31-2)16-28-9-3-4-22(28)15-27-23/h5-8,12-15,22,29H,3-4,9-11,16-17H2,1-2H3/b6-5+/t22-/m0/s1. The summed E-state index contributed by atoms with van der Waals surface area (Å²) in [5.41, 5.74) is 3.53. The summed E-state index contributed by atoms with van der Waals surface area (Å²) in [6.07, 6.45) is 7.61. The van der Waals surface area contributed by atoms with E-state index < -0.39 is 0 Å². The molecule has 33 heavy (non-hydrogen) atoms. The van der Waals surface area contributed by atoms with E-state index >= 15 is 0 Å². The monoisotopic (exact) mass is 450 g/mol. The molecule has 7 heteroatoms. The summed E-state index contributed by atoms with van der Waals surface area (Å²) in [5, 5.41) is 9.68. The number of ketones is 1. The molecule has 1 N–H and O–H groups in total. The molecular formula is C26H30N2O5. The average molecular weight is 451 g/mol. The van der Waals surface area contributed by atoms with E-state index in [2.05, 4.69) is 4.90 Å². The summed E-state index contributed by atoms with van der Waals surface area (Å²) in [5.74, 6) is 1.86. The minimum Gasteiger partial charge on any atom is -0.493 e. The normalized spacial score (nSPS) is 17.5. The number of methoxy groups -OCH3 is 1. The van der Waals surface area contributed by atoms with Gasteiger partial charge in [-0.1, -0.05) is 12.1 Å². The fraction of sp³-hybridized carbons (Fsp3) is 0.385. The second-order valence-corrected chi connectivity index (χ2v) is 8.26. The minimum absolute atomic E-state index is 0.0303. The lowest BCUT2D eigenvalue weighted by Crippen LogP contribution is -2.28. The van der Waals surface area contributed by atoms with E-state index in [1.165, 1.54) is 19.4 Å². The highest BCUT2D eigenvalue weighted by Crippen LogP contribution is 2.38. The van der Waals surface area contributed by atoms with Crippen LogP contribution in [0.5, 0.6) is 17.2 Å². The van der Waals surface area contributed by atoms with Gasteiger partial charge in [-0.3, -0.25) is 14.7 Å². The summed E-state index contributed by atoms with van der Waals surface area (Å²) in [6, 6.07) is 9.78. The first-order valence-corrected chi connectivity index (χ1v) is 11.2. The van der Waals surface area contributed by atoms with Crippen molar-refractivity contribution in [2.24, 2.45) is 4.99 Å². The summed E-state index contributed by atoms with van der Waals surface area (Å²) in [7, 11) is 1.64. The number of aliphatic imine (C=N–C) groups is 1. The molecule has 0 radical (unpaired) electrons. The summed E-state index contributed by atoms with van der Waals surface area (Å²) >= 11 is 0. The van der Waals surface area contributed by atoms with Crippen LogP contribution in [0.1, 0.15) is 36.5 Å². The van der Waals surface area contributed by atoms with Crippen LogP contribution in [-0.2, 0) is 17.9 Å². The number of carbonyl (C=O) groups is 1. The number of ether oxygens (including phenoxy) is 3. The van der Waals surface area contributed by atoms with Crippen molar-refractivity contribution >= 4 is 23.8 Å². The second kappa shape index (κ2) is 10.6. The van der Waals surface area contributed by atoms with Crippen molar-refractivity contribution in [2.45, 2.75) is 39.0 Å². The second-order valence-electron chi connectivity index (χ2n) is 8.26. The van der Waals surface area contributed by atoms with Crippen LogP contribution in [-0.4, -0.2) is 54.9 Å². The number of rotatable bonds is 9. The fourth-order valence-electron chi connectivity index (χ4n) is 4.20. The average Bonchev–Trinajstić information content (AvgIpc) is 3.19. The number of nitrogens with zero attached hydrogens (tertiary/aromatic N) is 2. The van der Waals surface area contributed by atoms with E-state index in [9.17, 15) is 9.90 Å². The Bertz CT molecular complexity index is 1060. The maximum absolute atomic E-state index is 11.1. The number of benzene rings is 2. The van der Waals surface area contributed by atoms with Crippen LogP contribution in [0.4, 0.5) is 5.69 Å². The van der Waals surface area contributed by atoms with Gasteiger partial charge in [0.1, 0.15) is 19.0 Å². The molecule has 4 rings (SSSR count). The summed E-state index contributed by atoms with van der Waals surface area (Å²) in [4.78, 5) is 18.3.